The number of hydrogen-bond acceptors (Lipinski definition) is 3. The lowest BCUT2D eigenvalue weighted by molar-refractivity contribution is 0.0683. The maximum Gasteiger partial charge on any atom is 0.410 e. The van der Waals surface area contributed by atoms with Gasteiger partial charge in [0.2, 0.25) is 0 Å². The number of amides is 1. The summed E-state index contributed by atoms with van der Waals surface area (Å²) in [7, 11) is 0. The third-order valence-corrected chi connectivity index (χ3v) is 2.32. The number of carbonyl (C=O) groups is 1. The second-order valence-corrected chi connectivity index (χ2v) is 4.07. The minimum atomic E-state index is -0.173. The fourth-order valence-corrected chi connectivity index (χ4v) is 1.35. The summed E-state index contributed by atoms with van der Waals surface area (Å²) in [6.07, 6.45) is -0.173. The molecule has 0 aliphatic carbocycles. The molecule has 1 saturated heterocycles. The van der Waals surface area contributed by atoms with Crippen LogP contribution in [0.15, 0.2) is 0 Å². The molecule has 0 saturated carbocycles. The Morgan fingerprint density at radius 2 is 2.21 bits per heavy atom. The van der Waals surface area contributed by atoms with E-state index < -0.39 is 0 Å². The molecular weight excluding hydrogens is 180 g/mol. The third-order valence-electron chi connectivity index (χ3n) is 2.32. The van der Waals surface area contributed by atoms with E-state index in [1.54, 1.807) is 4.90 Å². The first kappa shape index (κ1) is 11.3. The van der Waals surface area contributed by atoms with Gasteiger partial charge in [-0.1, -0.05) is 13.8 Å². The van der Waals surface area contributed by atoms with Crippen molar-refractivity contribution in [1.82, 2.24) is 10.2 Å². The van der Waals surface area contributed by atoms with Crippen LogP contribution in [0, 0.1) is 5.92 Å². The summed E-state index contributed by atoms with van der Waals surface area (Å²) in [5.41, 5.74) is 0. The predicted molar refractivity (Wildman–Crippen MR) is 55.2 cm³/mol. The van der Waals surface area contributed by atoms with Crippen LogP contribution in [0.1, 0.15) is 20.8 Å². The van der Waals surface area contributed by atoms with E-state index >= 15 is 0 Å². The standard InChI is InChI=1S/C10H20N2O2/c1-4-12(9-5-11-6-9)10(13)14-7-8(2)3/h8-9,11H,4-7H2,1-3H3. The quantitative estimate of drug-likeness (QED) is 0.738. The second kappa shape index (κ2) is 5.20. The zero-order chi connectivity index (χ0) is 10.6. The highest BCUT2D eigenvalue weighted by Gasteiger charge is 2.28. The van der Waals surface area contributed by atoms with Crippen molar-refractivity contribution in [3.8, 4) is 0 Å². The van der Waals surface area contributed by atoms with Gasteiger partial charge in [-0.15, -0.1) is 0 Å². The molecule has 1 aliphatic rings. The molecule has 82 valence electrons. The van der Waals surface area contributed by atoms with Crippen molar-refractivity contribution in [2.75, 3.05) is 26.2 Å². The van der Waals surface area contributed by atoms with Gasteiger partial charge in [0.25, 0.3) is 0 Å². The fourth-order valence-electron chi connectivity index (χ4n) is 1.35. The predicted octanol–water partition coefficient (Wildman–Crippen LogP) is 1.07. The fraction of sp³-hybridized carbons (Fsp3) is 0.900. The van der Waals surface area contributed by atoms with Gasteiger partial charge < -0.3 is 15.0 Å². The average molecular weight is 200 g/mol. The highest BCUT2D eigenvalue weighted by Crippen LogP contribution is 2.07. The van der Waals surface area contributed by atoms with Gasteiger partial charge in [0.05, 0.1) is 12.6 Å². The van der Waals surface area contributed by atoms with E-state index in [-0.39, 0.29) is 6.09 Å². The summed E-state index contributed by atoms with van der Waals surface area (Å²) >= 11 is 0. The molecule has 1 fully saturated rings. The number of nitrogens with one attached hydrogen (secondary N) is 1. The van der Waals surface area contributed by atoms with Crippen molar-refractivity contribution in [2.24, 2.45) is 5.92 Å². The minimum Gasteiger partial charge on any atom is -0.449 e. The van der Waals surface area contributed by atoms with Gasteiger partial charge in [0, 0.05) is 19.6 Å². The van der Waals surface area contributed by atoms with E-state index in [1.165, 1.54) is 0 Å². The molecule has 0 bridgehead atoms. The van der Waals surface area contributed by atoms with Crippen molar-refractivity contribution < 1.29 is 9.53 Å². The molecule has 0 aromatic carbocycles. The molecular formula is C10H20N2O2. The van der Waals surface area contributed by atoms with Gasteiger partial charge in [-0.05, 0) is 12.8 Å². The Balaban J connectivity index is 2.31. The lowest BCUT2D eigenvalue weighted by atomic mass is 10.1. The van der Waals surface area contributed by atoms with E-state index in [4.69, 9.17) is 4.74 Å². The molecule has 4 heteroatoms. The Morgan fingerprint density at radius 3 is 2.57 bits per heavy atom. The van der Waals surface area contributed by atoms with E-state index in [0.29, 0.717) is 18.6 Å². The van der Waals surface area contributed by atoms with Gasteiger partial charge in [-0.2, -0.15) is 0 Å². The summed E-state index contributed by atoms with van der Waals surface area (Å²) in [5, 5.41) is 3.15. The van der Waals surface area contributed by atoms with Crippen molar-refractivity contribution in [3.63, 3.8) is 0 Å². The summed E-state index contributed by atoms with van der Waals surface area (Å²) < 4.78 is 5.17. The van der Waals surface area contributed by atoms with Crippen LogP contribution in [0.3, 0.4) is 0 Å². The maximum atomic E-state index is 11.6. The zero-order valence-electron chi connectivity index (χ0n) is 9.25. The number of carbonyl (C=O) groups excluding carboxylic acids is 1. The molecule has 0 aromatic heterocycles. The Bertz CT molecular complexity index is 191. The molecule has 0 aromatic rings. The van der Waals surface area contributed by atoms with Crippen molar-refractivity contribution in [3.05, 3.63) is 0 Å². The van der Waals surface area contributed by atoms with E-state index in [1.807, 2.05) is 20.8 Å². The van der Waals surface area contributed by atoms with Crippen molar-refractivity contribution >= 4 is 6.09 Å². The van der Waals surface area contributed by atoms with E-state index in [9.17, 15) is 4.79 Å². The molecule has 1 amide bonds. The molecule has 0 radical (unpaired) electrons. The normalized spacial score (nSPS) is 16.6. The van der Waals surface area contributed by atoms with Crippen LogP contribution in [0.25, 0.3) is 0 Å². The maximum absolute atomic E-state index is 11.6. The summed E-state index contributed by atoms with van der Waals surface area (Å²) in [6.45, 7) is 9.08. The summed E-state index contributed by atoms with van der Waals surface area (Å²) in [4.78, 5) is 13.4. The number of ether oxygens (including phenoxy) is 1. The highest BCUT2D eigenvalue weighted by molar-refractivity contribution is 5.68. The van der Waals surface area contributed by atoms with Crippen LogP contribution in [0.4, 0.5) is 4.79 Å². The van der Waals surface area contributed by atoms with Crippen molar-refractivity contribution in [1.29, 1.82) is 0 Å². The number of rotatable bonds is 4. The van der Waals surface area contributed by atoms with Gasteiger partial charge in [0.15, 0.2) is 0 Å². The Morgan fingerprint density at radius 1 is 1.57 bits per heavy atom. The summed E-state index contributed by atoms with van der Waals surface area (Å²) in [6, 6.07) is 0.333. The smallest absolute Gasteiger partial charge is 0.410 e. The van der Waals surface area contributed by atoms with Gasteiger partial charge in [0.1, 0.15) is 0 Å². The average Bonchev–Trinajstić information content (AvgIpc) is 2.06. The van der Waals surface area contributed by atoms with E-state index in [2.05, 4.69) is 5.32 Å². The van der Waals surface area contributed by atoms with Gasteiger partial charge in [-0.25, -0.2) is 4.79 Å². The first-order valence-corrected chi connectivity index (χ1v) is 5.29. The highest BCUT2D eigenvalue weighted by atomic mass is 16.6. The molecule has 0 spiro atoms. The van der Waals surface area contributed by atoms with Gasteiger partial charge in [-0.3, -0.25) is 0 Å². The third kappa shape index (κ3) is 2.87. The van der Waals surface area contributed by atoms with Gasteiger partial charge >= 0.3 is 6.09 Å². The Labute approximate surface area is 85.6 Å². The zero-order valence-corrected chi connectivity index (χ0v) is 9.25. The van der Waals surface area contributed by atoms with E-state index in [0.717, 1.165) is 19.6 Å². The lowest BCUT2D eigenvalue weighted by Crippen LogP contribution is -2.58. The van der Waals surface area contributed by atoms with Crippen LogP contribution in [-0.2, 0) is 4.74 Å². The Hall–Kier alpha value is -0.770. The van der Waals surface area contributed by atoms with Crippen LogP contribution in [-0.4, -0.2) is 43.3 Å². The number of likely N-dealkylation sites (N-methyl/N-ethyl adjacent to an activating group) is 1. The second-order valence-electron chi connectivity index (χ2n) is 4.07. The molecule has 0 atom stereocenters. The largest absolute Gasteiger partial charge is 0.449 e. The molecule has 1 heterocycles. The summed E-state index contributed by atoms with van der Waals surface area (Å²) in [5.74, 6) is 0.400. The SMILES string of the molecule is CCN(C(=O)OCC(C)C)C1CNC1. The van der Waals surface area contributed by atoms with Crippen LogP contribution in [0.5, 0.6) is 0 Å². The number of nitrogens with zero attached hydrogens (tertiary/aromatic N) is 1. The van der Waals surface area contributed by atoms with Crippen LogP contribution in [0.2, 0.25) is 0 Å². The molecule has 0 unspecified atom stereocenters. The van der Waals surface area contributed by atoms with Crippen molar-refractivity contribution in [2.45, 2.75) is 26.8 Å². The molecule has 1 N–H and O–H groups in total. The topological polar surface area (TPSA) is 41.6 Å². The Kier molecular flexibility index (Phi) is 4.20. The molecule has 1 rings (SSSR count). The molecule has 14 heavy (non-hydrogen) atoms. The van der Waals surface area contributed by atoms with Crippen LogP contribution >= 0.6 is 0 Å². The monoisotopic (exact) mass is 200 g/mol. The minimum absolute atomic E-state index is 0.173. The lowest BCUT2D eigenvalue weighted by Gasteiger charge is -2.36. The molecule has 1 aliphatic heterocycles. The van der Waals surface area contributed by atoms with Crippen LogP contribution < -0.4 is 5.32 Å². The first-order valence-electron chi connectivity index (χ1n) is 5.29. The first-order chi connectivity index (χ1) is 6.65. The molecule has 4 nitrogen and oxygen atoms in total. The number of hydrogen-bond donors (Lipinski definition) is 1.